The molecule has 6 heteroatoms. The third-order valence-corrected chi connectivity index (χ3v) is 6.01. The number of benzene rings is 1. The van der Waals surface area contributed by atoms with E-state index in [1.165, 1.54) is 0 Å². The van der Waals surface area contributed by atoms with Gasteiger partial charge >= 0.3 is 6.09 Å². The summed E-state index contributed by atoms with van der Waals surface area (Å²) in [5.41, 5.74) is 1.08. The first kappa shape index (κ1) is 20.4. The molecule has 0 aliphatic carbocycles. The number of hydrogen-bond donors (Lipinski definition) is 0. The number of ether oxygens (including phenoxy) is 3. The van der Waals surface area contributed by atoms with Gasteiger partial charge in [-0.05, 0) is 58.9 Å². The number of piperidine rings is 2. The first-order valence-electron chi connectivity index (χ1n) is 10.7. The molecule has 1 aromatic rings. The fourth-order valence-electron chi connectivity index (χ4n) is 4.83. The van der Waals surface area contributed by atoms with E-state index >= 15 is 0 Å². The Morgan fingerprint density at radius 1 is 1.07 bits per heavy atom. The minimum absolute atomic E-state index is 0.0651. The molecule has 3 saturated heterocycles. The molecule has 6 nitrogen and oxygen atoms in total. The Hall–Kier alpha value is -1.92. The Morgan fingerprint density at radius 3 is 2.34 bits per heavy atom. The van der Waals surface area contributed by atoms with Gasteiger partial charge in [-0.2, -0.15) is 0 Å². The lowest BCUT2D eigenvalue weighted by Gasteiger charge is -2.48. The number of nitrogens with zero attached hydrogens (tertiary/aromatic N) is 1. The summed E-state index contributed by atoms with van der Waals surface area (Å²) < 4.78 is 16.8. The van der Waals surface area contributed by atoms with Crippen molar-refractivity contribution in [1.82, 2.24) is 4.90 Å². The number of Topliss-reactive ketones (excluding diaryl/α,β-unsaturated/α-hetero) is 1. The average molecular weight is 402 g/mol. The largest absolute Gasteiger partial charge is 0.444 e. The molecule has 3 fully saturated rings. The van der Waals surface area contributed by atoms with Crippen LogP contribution in [0.4, 0.5) is 4.79 Å². The van der Waals surface area contributed by atoms with Crippen molar-refractivity contribution in [3.8, 4) is 0 Å². The van der Waals surface area contributed by atoms with E-state index in [1.807, 2.05) is 49.9 Å². The molecule has 2 atom stereocenters. The molecule has 1 amide bonds. The van der Waals surface area contributed by atoms with Crippen LogP contribution in [0.15, 0.2) is 24.3 Å². The molecule has 0 radical (unpaired) electrons. The van der Waals surface area contributed by atoms with E-state index < -0.39 is 5.60 Å². The molecule has 2 bridgehead atoms. The second kappa shape index (κ2) is 8.07. The Bertz CT molecular complexity index is 751. The van der Waals surface area contributed by atoms with Gasteiger partial charge in [0.05, 0.1) is 13.2 Å². The Labute approximate surface area is 172 Å². The van der Waals surface area contributed by atoms with Crippen molar-refractivity contribution in [3.63, 3.8) is 0 Å². The number of carbonyl (C=O) groups excluding carboxylic acids is 2. The molecule has 158 valence electrons. The van der Waals surface area contributed by atoms with Crippen molar-refractivity contribution in [2.24, 2.45) is 5.92 Å². The van der Waals surface area contributed by atoms with E-state index in [9.17, 15) is 9.59 Å². The average Bonchev–Trinajstić information content (AvgIpc) is 3.20. The van der Waals surface area contributed by atoms with Crippen LogP contribution in [0.25, 0.3) is 0 Å². The number of rotatable bonds is 3. The molecule has 4 rings (SSSR count). The molecule has 1 aromatic carbocycles. The minimum Gasteiger partial charge on any atom is -0.444 e. The van der Waals surface area contributed by atoms with Crippen LogP contribution < -0.4 is 0 Å². The summed E-state index contributed by atoms with van der Waals surface area (Å²) in [6.45, 7) is 6.83. The highest BCUT2D eigenvalue weighted by Gasteiger charge is 2.44. The maximum absolute atomic E-state index is 13.3. The first-order chi connectivity index (χ1) is 13.8. The summed E-state index contributed by atoms with van der Waals surface area (Å²) >= 11 is 0. The molecule has 29 heavy (non-hydrogen) atoms. The van der Waals surface area contributed by atoms with Gasteiger partial charge in [0.15, 0.2) is 12.1 Å². The lowest BCUT2D eigenvalue weighted by atomic mass is 9.75. The maximum Gasteiger partial charge on any atom is 0.410 e. The van der Waals surface area contributed by atoms with Gasteiger partial charge in [-0.1, -0.05) is 18.2 Å². The molecule has 0 aromatic heterocycles. The zero-order chi connectivity index (χ0) is 20.6. The van der Waals surface area contributed by atoms with Crippen LogP contribution in [0.3, 0.4) is 0 Å². The standard InChI is InChI=1S/C23H31NO5/c1-23(2,3)29-22(26)24-18-8-5-9-19(24)14-17(13-18)20(25)15-6-4-7-16(12-15)21-27-10-11-28-21/h4,6-7,12,17-19,21H,5,8-11,13-14H2,1-3H3. The zero-order valence-electron chi connectivity index (χ0n) is 17.6. The molecule has 0 saturated carbocycles. The Morgan fingerprint density at radius 2 is 1.72 bits per heavy atom. The van der Waals surface area contributed by atoms with Gasteiger partial charge in [-0.3, -0.25) is 4.79 Å². The van der Waals surface area contributed by atoms with Crippen LogP contribution >= 0.6 is 0 Å². The van der Waals surface area contributed by atoms with E-state index in [0.717, 1.165) is 24.8 Å². The van der Waals surface area contributed by atoms with E-state index in [0.29, 0.717) is 31.6 Å². The highest BCUT2D eigenvalue weighted by molar-refractivity contribution is 5.98. The van der Waals surface area contributed by atoms with Crippen LogP contribution in [0.2, 0.25) is 0 Å². The van der Waals surface area contributed by atoms with Crippen LogP contribution in [0.5, 0.6) is 0 Å². The van der Waals surface area contributed by atoms with Gasteiger partial charge in [0.1, 0.15) is 5.60 Å². The van der Waals surface area contributed by atoms with E-state index in [2.05, 4.69) is 0 Å². The Kier molecular flexibility index (Phi) is 5.67. The summed E-state index contributed by atoms with van der Waals surface area (Å²) in [4.78, 5) is 28.0. The van der Waals surface area contributed by atoms with Gasteiger partial charge in [0, 0.05) is 29.1 Å². The van der Waals surface area contributed by atoms with Crippen molar-refractivity contribution < 1.29 is 23.8 Å². The van der Waals surface area contributed by atoms with Crippen LogP contribution in [-0.4, -0.2) is 47.7 Å². The predicted octanol–water partition coefficient (Wildman–Crippen LogP) is 4.48. The van der Waals surface area contributed by atoms with Gasteiger partial charge in [0.25, 0.3) is 0 Å². The zero-order valence-corrected chi connectivity index (χ0v) is 17.6. The predicted molar refractivity (Wildman–Crippen MR) is 108 cm³/mol. The summed E-state index contributed by atoms with van der Waals surface area (Å²) in [5, 5.41) is 0. The fraction of sp³-hybridized carbons (Fsp3) is 0.652. The van der Waals surface area contributed by atoms with Crippen LogP contribution in [0.1, 0.15) is 75.1 Å². The van der Waals surface area contributed by atoms with E-state index in [4.69, 9.17) is 14.2 Å². The molecule has 2 unspecified atom stereocenters. The molecular weight excluding hydrogens is 370 g/mol. The highest BCUT2D eigenvalue weighted by atomic mass is 16.7. The van der Waals surface area contributed by atoms with Crippen molar-refractivity contribution >= 4 is 11.9 Å². The van der Waals surface area contributed by atoms with Crippen molar-refractivity contribution in [3.05, 3.63) is 35.4 Å². The summed E-state index contributed by atoms with van der Waals surface area (Å²) in [7, 11) is 0. The molecule has 0 N–H and O–H groups in total. The smallest absolute Gasteiger partial charge is 0.410 e. The van der Waals surface area contributed by atoms with Gasteiger partial charge in [-0.15, -0.1) is 0 Å². The van der Waals surface area contributed by atoms with Gasteiger partial charge in [-0.25, -0.2) is 4.79 Å². The summed E-state index contributed by atoms with van der Waals surface area (Å²) in [6, 6.07) is 7.76. The van der Waals surface area contributed by atoms with Crippen molar-refractivity contribution in [2.75, 3.05) is 13.2 Å². The lowest BCUT2D eigenvalue weighted by Crippen LogP contribution is -2.56. The van der Waals surface area contributed by atoms with Crippen LogP contribution in [-0.2, 0) is 14.2 Å². The molecule has 0 spiro atoms. The second-order valence-corrected chi connectivity index (χ2v) is 9.36. The number of fused-ring (bicyclic) bond motifs is 2. The number of ketones is 1. The van der Waals surface area contributed by atoms with E-state index in [-0.39, 0.29) is 36.2 Å². The fourth-order valence-corrected chi connectivity index (χ4v) is 4.83. The summed E-state index contributed by atoms with van der Waals surface area (Å²) in [6.07, 6.45) is 3.75. The third-order valence-electron chi connectivity index (χ3n) is 6.01. The monoisotopic (exact) mass is 401 g/mol. The maximum atomic E-state index is 13.3. The van der Waals surface area contributed by atoms with Gasteiger partial charge < -0.3 is 19.1 Å². The quantitative estimate of drug-likeness (QED) is 0.699. The van der Waals surface area contributed by atoms with Crippen molar-refractivity contribution in [1.29, 1.82) is 0 Å². The SMILES string of the molecule is CC(C)(C)OC(=O)N1C2CCCC1CC(C(=O)c1cccc(C3OCCO3)c1)C2. The lowest BCUT2D eigenvalue weighted by molar-refractivity contribution is -0.0441. The molecule has 3 aliphatic rings. The summed E-state index contributed by atoms with van der Waals surface area (Å²) in [5.74, 6) is 0.0928. The van der Waals surface area contributed by atoms with Gasteiger partial charge in [0.2, 0.25) is 0 Å². The highest BCUT2D eigenvalue weighted by Crippen LogP contribution is 2.39. The Balaban J connectivity index is 1.48. The number of amides is 1. The van der Waals surface area contributed by atoms with Crippen molar-refractivity contribution in [2.45, 2.75) is 76.9 Å². The first-order valence-corrected chi connectivity index (χ1v) is 10.7. The van der Waals surface area contributed by atoms with E-state index in [1.54, 1.807) is 0 Å². The molecule has 3 heterocycles. The second-order valence-electron chi connectivity index (χ2n) is 9.36. The minimum atomic E-state index is -0.511. The number of hydrogen-bond acceptors (Lipinski definition) is 5. The third kappa shape index (κ3) is 4.48. The molecule has 3 aliphatic heterocycles. The number of carbonyl (C=O) groups is 2. The van der Waals surface area contributed by atoms with Crippen LogP contribution in [0, 0.1) is 5.92 Å². The normalized spacial score (nSPS) is 27.7. The topological polar surface area (TPSA) is 65.1 Å². The molecular formula is C23H31NO5.